The zero-order chi connectivity index (χ0) is 8.43. The third kappa shape index (κ3) is 2.17. The highest BCUT2D eigenvalue weighted by Crippen LogP contribution is 2.05. The number of aromatic nitrogens is 1. The molecule has 1 aromatic heterocycles. The molecule has 0 radical (unpaired) electrons. The van der Waals surface area contributed by atoms with Gasteiger partial charge in [-0.1, -0.05) is 0 Å². The van der Waals surface area contributed by atoms with Crippen molar-refractivity contribution >= 4 is 18.4 Å². The van der Waals surface area contributed by atoms with E-state index >= 15 is 0 Å². The molecule has 0 aromatic carbocycles. The van der Waals surface area contributed by atoms with Crippen molar-refractivity contribution in [1.29, 1.82) is 0 Å². The fraction of sp³-hybridized carbons (Fsp3) is 0.143. The number of hydrogen-bond donors (Lipinski definition) is 1. The maximum Gasteiger partial charge on any atom is 0.354 e. The average Bonchev–Trinajstić information content (AvgIpc) is 1.85. The van der Waals surface area contributed by atoms with Crippen molar-refractivity contribution in [3.8, 4) is 0 Å². The van der Waals surface area contributed by atoms with Gasteiger partial charge in [0, 0.05) is 0 Å². The molecule has 1 rings (SSSR count). The van der Waals surface area contributed by atoms with Gasteiger partial charge in [0.2, 0.25) is 0 Å². The van der Waals surface area contributed by atoms with Gasteiger partial charge in [0.15, 0.2) is 5.69 Å². The van der Waals surface area contributed by atoms with E-state index in [-0.39, 0.29) is 18.1 Å². The largest absolute Gasteiger partial charge is 0.477 e. The summed E-state index contributed by atoms with van der Waals surface area (Å²) in [7, 11) is 0. The van der Waals surface area contributed by atoms with Gasteiger partial charge in [0.05, 0.1) is 6.20 Å². The zero-order valence-electron chi connectivity index (χ0n) is 6.24. The maximum atomic E-state index is 12.4. The number of aryl methyl sites for hydroxylation is 1. The van der Waals surface area contributed by atoms with Crippen LogP contribution in [0.5, 0.6) is 0 Å². The van der Waals surface area contributed by atoms with Crippen LogP contribution >= 0.6 is 12.4 Å². The molecule has 66 valence electrons. The summed E-state index contributed by atoms with van der Waals surface area (Å²) < 4.78 is 12.4. The Hall–Kier alpha value is -1.16. The molecular weight excluding hydrogens is 185 g/mol. The van der Waals surface area contributed by atoms with Crippen molar-refractivity contribution in [1.82, 2.24) is 4.98 Å². The van der Waals surface area contributed by atoms with Gasteiger partial charge in [-0.3, -0.25) is 0 Å². The molecule has 0 saturated carbocycles. The van der Waals surface area contributed by atoms with Gasteiger partial charge >= 0.3 is 5.97 Å². The monoisotopic (exact) mass is 191 g/mol. The van der Waals surface area contributed by atoms with Gasteiger partial charge in [0.1, 0.15) is 5.82 Å². The van der Waals surface area contributed by atoms with E-state index in [1.165, 1.54) is 6.92 Å². The van der Waals surface area contributed by atoms with E-state index in [1.807, 2.05) is 0 Å². The highest BCUT2D eigenvalue weighted by atomic mass is 35.5. The number of carboxylic acid groups (broad SMARTS) is 1. The molecule has 0 aliphatic carbocycles. The second-order valence-corrected chi connectivity index (χ2v) is 2.12. The first-order valence-electron chi connectivity index (χ1n) is 2.96. The van der Waals surface area contributed by atoms with Crippen LogP contribution < -0.4 is 0 Å². The van der Waals surface area contributed by atoms with Gasteiger partial charge < -0.3 is 5.11 Å². The SMILES string of the molecule is Cc1cc(F)cnc1C(=O)O.Cl. The lowest BCUT2D eigenvalue weighted by molar-refractivity contribution is 0.0689. The molecule has 0 bridgehead atoms. The van der Waals surface area contributed by atoms with Crippen LogP contribution in [0.25, 0.3) is 0 Å². The summed E-state index contributed by atoms with van der Waals surface area (Å²) in [5.41, 5.74) is 0.226. The lowest BCUT2D eigenvalue weighted by Crippen LogP contribution is -2.03. The highest BCUT2D eigenvalue weighted by Gasteiger charge is 2.08. The Morgan fingerprint density at radius 3 is 2.67 bits per heavy atom. The molecule has 1 N–H and O–H groups in total. The van der Waals surface area contributed by atoms with Crippen LogP contribution in [0, 0.1) is 12.7 Å². The molecule has 12 heavy (non-hydrogen) atoms. The molecule has 0 unspecified atom stereocenters. The standard InChI is InChI=1S/C7H6FNO2.ClH/c1-4-2-5(8)3-9-6(4)7(10)11;/h2-3H,1H3,(H,10,11);1H. The lowest BCUT2D eigenvalue weighted by Gasteiger charge is -1.97. The van der Waals surface area contributed by atoms with Gasteiger partial charge in [-0.15, -0.1) is 12.4 Å². The predicted molar refractivity (Wildman–Crippen MR) is 43.1 cm³/mol. The predicted octanol–water partition coefficient (Wildman–Crippen LogP) is 1.65. The van der Waals surface area contributed by atoms with E-state index in [9.17, 15) is 9.18 Å². The first-order chi connectivity index (χ1) is 5.11. The Labute approximate surface area is 74.7 Å². The normalized spacial score (nSPS) is 8.83. The maximum absolute atomic E-state index is 12.4. The number of carbonyl (C=O) groups is 1. The van der Waals surface area contributed by atoms with Crippen LogP contribution in [0.3, 0.4) is 0 Å². The van der Waals surface area contributed by atoms with Crippen molar-refractivity contribution < 1.29 is 14.3 Å². The highest BCUT2D eigenvalue weighted by molar-refractivity contribution is 5.86. The molecule has 0 aliphatic rings. The van der Waals surface area contributed by atoms with Gasteiger partial charge in [0.25, 0.3) is 0 Å². The lowest BCUT2D eigenvalue weighted by atomic mass is 10.2. The molecule has 0 aliphatic heterocycles. The molecular formula is C7H7ClFNO2. The second-order valence-electron chi connectivity index (χ2n) is 2.12. The van der Waals surface area contributed by atoms with Crippen LogP contribution in [-0.2, 0) is 0 Å². The van der Waals surface area contributed by atoms with Gasteiger partial charge in [-0.05, 0) is 18.6 Å². The van der Waals surface area contributed by atoms with E-state index in [2.05, 4.69) is 4.98 Å². The first-order valence-corrected chi connectivity index (χ1v) is 2.96. The number of aromatic carboxylic acids is 1. The summed E-state index contributed by atoms with van der Waals surface area (Å²) in [6, 6.07) is 1.14. The number of hydrogen-bond acceptors (Lipinski definition) is 2. The second kappa shape index (κ2) is 4.01. The van der Waals surface area contributed by atoms with Gasteiger partial charge in [-0.25, -0.2) is 14.2 Å². The number of nitrogens with zero attached hydrogens (tertiary/aromatic N) is 1. The van der Waals surface area contributed by atoms with Crippen molar-refractivity contribution in [2.45, 2.75) is 6.92 Å². The van der Waals surface area contributed by atoms with E-state index in [0.717, 1.165) is 12.3 Å². The number of pyridine rings is 1. The quantitative estimate of drug-likeness (QED) is 0.734. The van der Waals surface area contributed by atoms with Crippen molar-refractivity contribution in [2.75, 3.05) is 0 Å². The van der Waals surface area contributed by atoms with Crippen LogP contribution in [0.1, 0.15) is 16.1 Å². The van der Waals surface area contributed by atoms with Crippen LogP contribution in [0.15, 0.2) is 12.3 Å². The molecule has 0 spiro atoms. The van der Waals surface area contributed by atoms with Gasteiger partial charge in [-0.2, -0.15) is 0 Å². The average molecular weight is 192 g/mol. The summed E-state index contributed by atoms with van der Waals surface area (Å²) in [4.78, 5) is 13.8. The molecule has 0 saturated heterocycles. The van der Waals surface area contributed by atoms with Crippen molar-refractivity contribution in [3.63, 3.8) is 0 Å². The van der Waals surface area contributed by atoms with E-state index in [1.54, 1.807) is 0 Å². The molecule has 3 nitrogen and oxygen atoms in total. The van der Waals surface area contributed by atoms with Crippen molar-refractivity contribution in [2.24, 2.45) is 0 Å². The molecule has 0 amide bonds. The fourth-order valence-electron chi connectivity index (χ4n) is 0.764. The Kier molecular flexibility index (Phi) is 3.63. The number of rotatable bonds is 1. The minimum Gasteiger partial charge on any atom is -0.477 e. The minimum absolute atomic E-state index is 0. The minimum atomic E-state index is -1.14. The van der Waals surface area contributed by atoms with Crippen molar-refractivity contribution in [3.05, 3.63) is 29.3 Å². The first kappa shape index (κ1) is 10.8. The third-order valence-corrected chi connectivity index (χ3v) is 1.25. The smallest absolute Gasteiger partial charge is 0.354 e. The summed E-state index contributed by atoms with van der Waals surface area (Å²) in [5, 5.41) is 8.47. The zero-order valence-corrected chi connectivity index (χ0v) is 7.06. The van der Waals surface area contributed by atoms with Crippen LogP contribution in [0.4, 0.5) is 4.39 Å². The van der Waals surface area contributed by atoms with Crippen LogP contribution in [0.2, 0.25) is 0 Å². The third-order valence-electron chi connectivity index (χ3n) is 1.25. The number of halogens is 2. The van der Waals surface area contributed by atoms with E-state index in [4.69, 9.17) is 5.11 Å². The summed E-state index contributed by atoms with van der Waals surface area (Å²) in [6.45, 7) is 1.50. The summed E-state index contributed by atoms with van der Waals surface area (Å²) in [5.74, 6) is -1.66. The topological polar surface area (TPSA) is 50.2 Å². The van der Waals surface area contributed by atoms with E-state index < -0.39 is 11.8 Å². The molecule has 0 fully saturated rings. The Bertz CT molecular complexity index is 303. The summed E-state index contributed by atoms with van der Waals surface area (Å²) in [6.07, 6.45) is 0.885. The molecule has 1 heterocycles. The van der Waals surface area contributed by atoms with E-state index in [0.29, 0.717) is 5.56 Å². The fourth-order valence-corrected chi connectivity index (χ4v) is 0.764. The Balaban J connectivity index is 0.00000121. The molecule has 0 atom stereocenters. The molecule has 5 heteroatoms. The Morgan fingerprint density at radius 2 is 2.25 bits per heavy atom. The Morgan fingerprint density at radius 1 is 1.67 bits per heavy atom. The summed E-state index contributed by atoms with van der Waals surface area (Å²) >= 11 is 0. The number of carboxylic acids is 1. The molecule has 1 aromatic rings. The van der Waals surface area contributed by atoms with Crippen LogP contribution in [-0.4, -0.2) is 16.1 Å².